The number of nitrogens with zero attached hydrogens (tertiary/aromatic N) is 2. The summed E-state index contributed by atoms with van der Waals surface area (Å²) in [5.41, 5.74) is 1.06. The highest BCUT2D eigenvalue weighted by Gasteiger charge is 2.16. The van der Waals surface area contributed by atoms with Crippen LogP contribution in [0.1, 0.15) is 24.8 Å². The zero-order valence-electron chi connectivity index (χ0n) is 10.8. The molecule has 0 aliphatic carbocycles. The van der Waals surface area contributed by atoms with E-state index < -0.39 is 0 Å². The summed E-state index contributed by atoms with van der Waals surface area (Å²) in [6.07, 6.45) is 1.98. The summed E-state index contributed by atoms with van der Waals surface area (Å²) in [4.78, 5) is 2.62. The van der Waals surface area contributed by atoms with Crippen molar-refractivity contribution in [2.24, 2.45) is 13.0 Å². The van der Waals surface area contributed by atoms with Crippen LogP contribution in [0.3, 0.4) is 0 Å². The van der Waals surface area contributed by atoms with Gasteiger partial charge in [-0.3, -0.25) is 4.68 Å². The van der Waals surface area contributed by atoms with E-state index in [-0.39, 0.29) is 0 Å². The Morgan fingerprint density at radius 3 is 2.59 bits per heavy atom. The second-order valence-corrected chi connectivity index (χ2v) is 5.70. The molecule has 1 N–H and O–H groups in total. The van der Waals surface area contributed by atoms with E-state index in [4.69, 9.17) is 0 Å². The fourth-order valence-corrected chi connectivity index (χ4v) is 3.26. The number of rotatable bonds is 4. The Kier molecular flexibility index (Phi) is 3.64. The molecule has 2 aromatic rings. The van der Waals surface area contributed by atoms with Gasteiger partial charge in [-0.1, -0.05) is 13.8 Å². The maximum Gasteiger partial charge on any atom is 0.102 e. The first kappa shape index (κ1) is 12.3. The van der Waals surface area contributed by atoms with Gasteiger partial charge in [-0.2, -0.15) is 5.10 Å². The lowest BCUT2D eigenvalue weighted by Gasteiger charge is -2.18. The minimum absolute atomic E-state index is 0.428. The number of hydrogen-bond acceptors (Lipinski definition) is 3. The van der Waals surface area contributed by atoms with Crippen molar-refractivity contribution in [3.63, 3.8) is 0 Å². The van der Waals surface area contributed by atoms with Crippen LogP contribution < -0.4 is 5.32 Å². The van der Waals surface area contributed by atoms with E-state index in [9.17, 15) is 0 Å². The van der Waals surface area contributed by atoms with E-state index in [1.54, 1.807) is 0 Å². The lowest BCUT2D eigenvalue weighted by atomic mass is 10.0. The van der Waals surface area contributed by atoms with E-state index in [0.717, 1.165) is 5.69 Å². The molecule has 0 spiro atoms. The summed E-state index contributed by atoms with van der Waals surface area (Å²) in [5, 5.41) is 7.80. The Morgan fingerprint density at radius 1 is 1.29 bits per heavy atom. The van der Waals surface area contributed by atoms with Gasteiger partial charge in [0.05, 0.1) is 4.88 Å². The number of thiophene rings is 1. The van der Waals surface area contributed by atoms with Crippen molar-refractivity contribution >= 4 is 11.3 Å². The maximum absolute atomic E-state index is 4.43. The van der Waals surface area contributed by atoms with Gasteiger partial charge in [0.25, 0.3) is 0 Å². The van der Waals surface area contributed by atoms with Crippen LogP contribution in [0.4, 0.5) is 0 Å². The van der Waals surface area contributed by atoms with Crippen molar-refractivity contribution in [3.05, 3.63) is 29.3 Å². The normalized spacial score (nSPS) is 13.2. The Morgan fingerprint density at radius 2 is 2.06 bits per heavy atom. The first-order valence-corrected chi connectivity index (χ1v) is 6.70. The fourth-order valence-electron chi connectivity index (χ4n) is 2.01. The van der Waals surface area contributed by atoms with Gasteiger partial charge in [0.2, 0.25) is 0 Å². The Hall–Kier alpha value is -1.13. The van der Waals surface area contributed by atoms with Crippen molar-refractivity contribution in [1.82, 2.24) is 15.1 Å². The predicted molar refractivity (Wildman–Crippen MR) is 73.2 cm³/mol. The standard InChI is InChI=1S/C13H19N3S/c1-9(2)13(14-3)12-6-5-11(17-12)10-7-8-16(4)15-10/h5-9,13-14H,1-4H3. The largest absolute Gasteiger partial charge is 0.312 e. The summed E-state index contributed by atoms with van der Waals surface area (Å²) in [7, 11) is 3.97. The molecular weight excluding hydrogens is 230 g/mol. The molecule has 0 fully saturated rings. The summed E-state index contributed by atoms with van der Waals surface area (Å²) in [6.45, 7) is 4.47. The molecule has 0 aromatic carbocycles. The van der Waals surface area contributed by atoms with Crippen molar-refractivity contribution in [2.75, 3.05) is 7.05 Å². The minimum atomic E-state index is 0.428. The quantitative estimate of drug-likeness (QED) is 0.902. The third-order valence-electron chi connectivity index (χ3n) is 2.88. The number of aryl methyl sites for hydroxylation is 1. The molecule has 4 heteroatoms. The number of aromatic nitrogens is 2. The smallest absolute Gasteiger partial charge is 0.102 e. The molecule has 0 bridgehead atoms. The molecular formula is C13H19N3S. The minimum Gasteiger partial charge on any atom is -0.312 e. The molecule has 0 aliphatic heterocycles. The fraction of sp³-hybridized carbons (Fsp3) is 0.462. The van der Waals surface area contributed by atoms with Crippen molar-refractivity contribution in [2.45, 2.75) is 19.9 Å². The Labute approximate surface area is 106 Å². The van der Waals surface area contributed by atoms with Crippen LogP contribution in [-0.2, 0) is 7.05 Å². The molecule has 0 aliphatic rings. The van der Waals surface area contributed by atoms with Gasteiger partial charge in [-0.05, 0) is 31.2 Å². The molecule has 1 unspecified atom stereocenters. The van der Waals surface area contributed by atoms with E-state index in [0.29, 0.717) is 12.0 Å². The second-order valence-electron chi connectivity index (χ2n) is 4.59. The van der Waals surface area contributed by atoms with Gasteiger partial charge in [0, 0.05) is 24.2 Å². The van der Waals surface area contributed by atoms with Crippen molar-refractivity contribution in [3.8, 4) is 10.6 Å². The van der Waals surface area contributed by atoms with Crippen LogP contribution in [0.2, 0.25) is 0 Å². The number of nitrogens with one attached hydrogen (secondary N) is 1. The average molecular weight is 249 g/mol. The SMILES string of the molecule is CNC(c1ccc(-c2ccn(C)n2)s1)C(C)C. The van der Waals surface area contributed by atoms with Gasteiger partial charge in [0.15, 0.2) is 0 Å². The van der Waals surface area contributed by atoms with Crippen LogP contribution in [0.15, 0.2) is 24.4 Å². The summed E-state index contributed by atoms with van der Waals surface area (Å²) in [6, 6.07) is 6.85. The topological polar surface area (TPSA) is 29.9 Å². The molecule has 0 amide bonds. The van der Waals surface area contributed by atoms with Crippen LogP contribution in [0.25, 0.3) is 10.6 Å². The predicted octanol–water partition coefficient (Wildman–Crippen LogP) is 3.07. The molecule has 0 radical (unpaired) electrons. The monoisotopic (exact) mass is 249 g/mol. The van der Waals surface area contributed by atoms with Crippen LogP contribution in [0, 0.1) is 5.92 Å². The number of hydrogen-bond donors (Lipinski definition) is 1. The highest BCUT2D eigenvalue weighted by molar-refractivity contribution is 7.15. The molecule has 3 nitrogen and oxygen atoms in total. The molecule has 0 saturated heterocycles. The highest BCUT2D eigenvalue weighted by Crippen LogP contribution is 2.33. The Balaban J connectivity index is 2.26. The van der Waals surface area contributed by atoms with Gasteiger partial charge in [-0.25, -0.2) is 0 Å². The van der Waals surface area contributed by atoms with Gasteiger partial charge in [0.1, 0.15) is 5.69 Å². The second kappa shape index (κ2) is 5.02. The van der Waals surface area contributed by atoms with Crippen molar-refractivity contribution in [1.29, 1.82) is 0 Å². The third kappa shape index (κ3) is 2.58. The van der Waals surface area contributed by atoms with E-state index in [2.05, 4.69) is 42.5 Å². The maximum atomic E-state index is 4.43. The Bertz CT molecular complexity index is 484. The molecule has 2 rings (SSSR count). The lowest BCUT2D eigenvalue weighted by Crippen LogP contribution is -2.20. The van der Waals surface area contributed by atoms with Crippen molar-refractivity contribution < 1.29 is 0 Å². The summed E-state index contributed by atoms with van der Waals surface area (Å²) >= 11 is 1.82. The van der Waals surface area contributed by atoms with Crippen LogP contribution >= 0.6 is 11.3 Å². The highest BCUT2D eigenvalue weighted by atomic mass is 32.1. The summed E-state index contributed by atoms with van der Waals surface area (Å²) < 4.78 is 1.84. The van der Waals surface area contributed by atoms with Gasteiger partial charge in [-0.15, -0.1) is 11.3 Å². The first-order valence-electron chi connectivity index (χ1n) is 5.89. The molecule has 2 aromatic heterocycles. The molecule has 92 valence electrons. The van der Waals surface area contributed by atoms with Gasteiger partial charge < -0.3 is 5.32 Å². The average Bonchev–Trinajstić information content (AvgIpc) is 2.87. The van der Waals surface area contributed by atoms with Crippen LogP contribution in [-0.4, -0.2) is 16.8 Å². The summed E-state index contributed by atoms with van der Waals surface area (Å²) in [5.74, 6) is 0.593. The molecule has 1 atom stereocenters. The molecule has 17 heavy (non-hydrogen) atoms. The molecule has 0 saturated carbocycles. The first-order chi connectivity index (χ1) is 8.11. The van der Waals surface area contributed by atoms with Crippen LogP contribution in [0.5, 0.6) is 0 Å². The van der Waals surface area contributed by atoms with Gasteiger partial charge >= 0.3 is 0 Å². The molecule has 2 heterocycles. The third-order valence-corrected chi connectivity index (χ3v) is 4.07. The van der Waals surface area contributed by atoms with E-state index in [1.807, 2.05) is 36.3 Å². The van der Waals surface area contributed by atoms with E-state index in [1.165, 1.54) is 9.75 Å². The lowest BCUT2D eigenvalue weighted by molar-refractivity contribution is 0.449. The zero-order valence-corrected chi connectivity index (χ0v) is 11.6. The zero-order chi connectivity index (χ0) is 12.4. The van der Waals surface area contributed by atoms with E-state index >= 15 is 0 Å².